The van der Waals surface area contributed by atoms with Gasteiger partial charge in [-0.3, -0.25) is 4.90 Å². The first-order valence-corrected chi connectivity index (χ1v) is 6.71. The van der Waals surface area contributed by atoms with E-state index in [-0.39, 0.29) is 18.4 Å². The fourth-order valence-electron chi connectivity index (χ4n) is 2.53. The summed E-state index contributed by atoms with van der Waals surface area (Å²) in [6, 6.07) is 3.38. The summed E-state index contributed by atoms with van der Waals surface area (Å²) in [5.41, 5.74) is 0.876. The van der Waals surface area contributed by atoms with Crippen LogP contribution < -0.4 is 14.8 Å². The van der Waals surface area contributed by atoms with Crippen LogP contribution in [0.2, 0.25) is 0 Å². The van der Waals surface area contributed by atoms with E-state index in [4.69, 9.17) is 9.47 Å². The standard InChI is InChI=1S/C14H22N2O4/c1-19-12-7-10(8-13(20-2)14(12)18)11(9-17)16-5-3-15-4-6-16/h7-8,11,15,17-18H,3-6,9H2,1-2H3/t11-/m0/s1. The van der Waals surface area contributed by atoms with Crippen molar-refractivity contribution in [2.75, 3.05) is 47.0 Å². The van der Waals surface area contributed by atoms with Crippen LogP contribution >= 0.6 is 0 Å². The Morgan fingerprint density at radius 1 is 1.20 bits per heavy atom. The van der Waals surface area contributed by atoms with Crippen molar-refractivity contribution in [1.82, 2.24) is 10.2 Å². The molecule has 1 aliphatic rings. The second-order valence-electron chi connectivity index (χ2n) is 4.76. The lowest BCUT2D eigenvalue weighted by Crippen LogP contribution is -2.46. The minimum atomic E-state index is -0.125. The smallest absolute Gasteiger partial charge is 0.200 e. The number of piperazine rings is 1. The Labute approximate surface area is 118 Å². The van der Waals surface area contributed by atoms with Gasteiger partial charge in [0.05, 0.1) is 26.9 Å². The average molecular weight is 282 g/mol. The largest absolute Gasteiger partial charge is 0.502 e. The molecule has 6 heteroatoms. The monoisotopic (exact) mass is 282 g/mol. The van der Waals surface area contributed by atoms with E-state index in [0.29, 0.717) is 11.5 Å². The van der Waals surface area contributed by atoms with E-state index in [2.05, 4.69) is 10.2 Å². The number of phenols is 1. The molecular weight excluding hydrogens is 260 g/mol. The number of ether oxygens (including phenoxy) is 2. The van der Waals surface area contributed by atoms with Gasteiger partial charge < -0.3 is 25.0 Å². The van der Waals surface area contributed by atoms with Crippen LogP contribution in [0.1, 0.15) is 11.6 Å². The van der Waals surface area contributed by atoms with Crippen LogP contribution in [0.3, 0.4) is 0 Å². The van der Waals surface area contributed by atoms with Crippen LogP contribution in [-0.4, -0.2) is 62.1 Å². The molecule has 0 spiro atoms. The van der Waals surface area contributed by atoms with Gasteiger partial charge in [-0.2, -0.15) is 0 Å². The molecular formula is C14H22N2O4. The highest BCUT2D eigenvalue weighted by atomic mass is 16.5. The molecule has 1 aliphatic heterocycles. The zero-order valence-corrected chi connectivity index (χ0v) is 11.9. The van der Waals surface area contributed by atoms with Gasteiger partial charge >= 0.3 is 0 Å². The number of hydrogen-bond acceptors (Lipinski definition) is 6. The Hall–Kier alpha value is -1.50. The lowest BCUT2D eigenvalue weighted by molar-refractivity contribution is 0.110. The Morgan fingerprint density at radius 3 is 2.20 bits per heavy atom. The maximum Gasteiger partial charge on any atom is 0.200 e. The molecule has 0 radical (unpaired) electrons. The Kier molecular flexibility index (Phi) is 5.05. The van der Waals surface area contributed by atoms with Crippen molar-refractivity contribution in [2.45, 2.75) is 6.04 Å². The van der Waals surface area contributed by atoms with Crippen molar-refractivity contribution >= 4 is 0 Å². The molecule has 20 heavy (non-hydrogen) atoms. The summed E-state index contributed by atoms with van der Waals surface area (Å²) in [5.74, 6) is 0.691. The van der Waals surface area contributed by atoms with Gasteiger partial charge in [-0.1, -0.05) is 0 Å². The third-order valence-electron chi connectivity index (χ3n) is 3.65. The first-order chi connectivity index (χ1) is 9.71. The first-order valence-electron chi connectivity index (χ1n) is 6.71. The van der Waals surface area contributed by atoms with E-state index in [1.165, 1.54) is 14.2 Å². The Morgan fingerprint density at radius 2 is 1.75 bits per heavy atom. The van der Waals surface area contributed by atoms with E-state index in [9.17, 15) is 10.2 Å². The molecule has 0 aromatic heterocycles. The van der Waals surface area contributed by atoms with Gasteiger partial charge in [0.2, 0.25) is 5.75 Å². The lowest BCUT2D eigenvalue weighted by atomic mass is 10.0. The molecule has 0 unspecified atom stereocenters. The second-order valence-corrected chi connectivity index (χ2v) is 4.76. The normalized spacial score (nSPS) is 17.8. The molecule has 0 aliphatic carbocycles. The minimum absolute atomic E-state index is 0.0110. The molecule has 1 fully saturated rings. The van der Waals surface area contributed by atoms with Crippen molar-refractivity contribution in [3.63, 3.8) is 0 Å². The summed E-state index contributed by atoms with van der Waals surface area (Å²) in [5, 5.41) is 23.0. The molecule has 0 saturated carbocycles. The van der Waals surface area contributed by atoms with E-state index in [1.54, 1.807) is 12.1 Å². The summed E-state index contributed by atoms with van der Waals surface area (Å²) >= 11 is 0. The number of aliphatic hydroxyl groups is 1. The van der Waals surface area contributed by atoms with Gasteiger partial charge in [0.1, 0.15) is 0 Å². The summed E-state index contributed by atoms with van der Waals surface area (Å²) < 4.78 is 10.3. The van der Waals surface area contributed by atoms with Crippen molar-refractivity contribution in [3.05, 3.63) is 17.7 Å². The molecule has 0 bridgehead atoms. The van der Waals surface area contributed by atoms with Crippen LogP contribution in [-0.2, 0) is 0 Å². The SMILES string of the molecule is COc1cc([C@H](CO)N2CCNCC2)cc(OC)c1O. The highest BCUT2D eigenvalue weighted by Crippen LogP contribution is 2.39. The number of methoxy groups -OCH3 is 2. The summed E-state index contributed by atoms with van der Waals surface area (Å²) in [7, 11) is 2.99. The van der Waals surface area contributed by atoms with Gasteiger partial charge in [-0.25, -0.2) is 0 Å². The fourth-order valence-corrected chi connectivity index (χ4v) is 2.53. The summed E-state index contributed by atoms with van der Waals surface area (Å²) in [4.78, 5) is 2.21. The van der Waals surface area contributed by atoms with Crippen LogP contribution in [0.15, 0.2) is 12.1 Å². The maximum absolute atomic E-state index is 9.94. The predicted octanol–water partition coefficient (Wildman–Crippen LogP) is 0.348. The number of aromatic hydroxyl groups is 1. The first kappa shape index (κ1) is 14.9. The van der Waals surface area contributed by atoms with Gasteiger partial charge in [-0.15, -0.1) is 0 Å². The molecule has 6 nitrogen and oxygen atoms in total. The number of nitrogens with one attached hydrogen (secondary N) is 1. The zero-order valence-electron chi connectivity index (χ0n) is 11.9. The van der Waals surface area contributed by atoms with Gasteiger partial charge in [-0.05, 0) is 17.7 Å². The Balaban J connectivity index is 2.33. The number of hydrogen-bond donors (Lipinski definition) is 3. The van der Waals surface area contributed by atoms with E-state index < -0.39 is 0 Å². The molecule has 0 amide bonds. The summed E-state index contributed by atoms with van der Waals surface area (Å²) in [6.07, 6.45) is 0. The van der Waals surface area contributed by atoms with E-state index >= 15 is 0 Å². The van der Waals surface area contributed by atoms with Gasteiger partial charge in [0.25, 0.3) is 0 Å². The van der Waals surface area contributed by atoms with Crippen molar-refractivity contribution in [2.24, 2.45) is 0 Å². The molecule has 1 saturated heterocycles. The average Bonchev–Trinajstić information content (AvgIpc) is 2.50. The molecule has 112 valence electrons. The summed E-state index contributed by atoms with van der Waals surface area (Å²) in [6.45, 7) is 3.57. The van der Waals surface area contributed by atoms with Crippen LogP contribution in [0.25, 0.3) is 0 Å². The molecule has 3 N–H and O–H groups in total. The number of rotatable bonds is 5. The van der Waals surface area contributed by atoms with Crippen LogP contribution in [0.4, 0.5) is 0 Å². The number of aliphatic hydroxyl groups excluding tert-OH is 1. The Bertz CT molecular complexity index is 422. The molecule has 2 rings (SSSR count). The lowest BCUT2D eigenvalue weighted by Gasteiger charge is -2.34. The van der Waals surface area contributed by atoms with Crippen molar-refractivity contribution in [1.29, 1.82) is 0 Å². The molecule has 1 aromatic rings. The minimum Gasteiger partial charge on any atom is -0.502 e. The van der Waals surface area contributed by atoms with Crippen LogP contribution in [0, 0.1) is 0 Å². The third kappa shape index (κ3) is 2.98. The third-order valence-corrected chi connectivity index (χ3v) is 3.65. The molecule has 1 atom stereocenters. The maximum atomic E-state index is 9.94. The quantitative estimate of drug-likeness (QED) is 0.723. The number of benzene rings is 1. The van der Waals surface area contributed by atoms with Crippen molar-refractivity contribution < 1.29 is 19.7 Å². The number of nitrogens with zero attached hydrogens (tertiary/aromatic N) is 1. The van der Waals surface area contributed by atoms with E-state index in [0.717, 1.165) is 31.7 Å². The number of phenolic OH excluding ortho intramolecular Hbond substituents is 1. The molecule has 1 heterocycles. The van der Waals surface area contributed by atoms with E-state index in [1.807, 2.05) is 0 Å². The van der Waals surface area contributed by atoms with Gasteiger partial charge in [0, 0.05) is 26.2 Å². The zero-order chi connectivity index (χ0) is 14.5. The highest BCUT2D eigenvalue weighted by Gasteiger charge is 2.24. The van der Waals surface area contributed by atoms with Crippen LogP contribution in [0.5, 0.6) is 17.2 Å². The topological polar surface area (TPSA) is 74.2 Å². The predicted molar refractivity (Wildman–Crippen MR) is 75.5 cm³/mol. The molecule has 1 aromatic carbocycles. The van der Waals surface area contributed by atoms with Crippen molar-refractivity contribution in [3.8, 4) is 17.2 Å². The fraction of sp³-hybridized carbons (Fsp3) is 0.571. The van der Waals surface area contributed by atoms with Gasteiger partial charge in [0.15, 0.2) is 11.5 Å². The second kappa shape index (κ2) is 6.78. The highest BCUT2D eigenvalue weighted by molar-refractivity contribution is 5.53.